The molecule has 2 aliphatic rings. The van der Waals surface area contributed by atoms with Crippen molar-refractivity contribution in [1.82, 2.24) is 14.7 Å². The van der Waals surface area contributed by atoms with Crippen LogP contribution in [0.15, 0.2) is 33.2 Å². The lowest BCUT2D eigenvalue weighted by atomic mass is 10.0. The van der Waals surface area contributed by atoms with Crippen LogP contribution in [-0.2, 0) is 17.9 Å². The maximum absolute atomic E-state index is 12.6. The van der Waals surface area contributed by atoms with Gasteiger partial charge in [0.25, 0.3) is 5.56 Å². The van der Waals surface area contributed by atoms with Crippen molar-refractivity contribution >= 4 is 23.0 Å². The molecule has 1 aromatic rings. The van der Waals surface area contributed by atoms with E-state index < -0.39 is 0 Å². The van der Waals surface area contributed by atoms with Crippen molar-refractivity contribution in [1.29, 1.82) is 0 Å². The molecule has 128 valence electrons. The minimum atomic E-state index is -0.218. The number of hydrogen-bond donors (Lipinski definition) is 3. The zero-order valence-corrected chi connectivity index (χ0v) is 13.6. The van der Waals surface area contributed by atoms with E-state index in [9.17, 15) is 9.59 Å². The zero-order chi connectivity index (χ0) is 17.3. The van der Waals surface area contributed by atoms with Gasteiger partial charge in [0.15, 0.2) is 17.3 Å². The number of aliphatic hydroxyl groups excluding tert-OH is 1. The predicted octanol–water partition coefficient (Wildman–Crippen LogP) is 0.0931. The molecule has 0 aromatic carbocycles. The summed E-state index contributed by atoms with van der Waals surface area (Å²) in [6, 6.07) is 0. The van der Waals surface area contributed by atoms with Crippen LogP contribution in [0, 0.1) is 0 Å². The van der Waals surface area contributed by atoms with Gasteiger partial charge >= 0.3 is 0 Å². The van der Waals surface area contributed by atoms with E-state index >= 15 is 0 Å². The number of nitrogens with two attached hydrogens (primary N) is 1. The average molecular weight is 331 g/mol. The maximum Gasteiger partial charge on any atom is 0.294 e. The Balaban J connectivity index is 2.06. The van der Waals surface area contributed by atoms with Gasteiger partial charge in [0.05, 0.1) is 18.0 Å². The van der Waals surface area contributed by atoms with Gasteiger partial charge in [-0.05, 0) is 31.4 Å². The maximum atomic E-state index is 12.6. The van der Waals surface area contributed by atoms with E-state index in [-0.39, 0.29) is 30.2 Å². The smallest absolute Gasteiger partial charge is 0.294 e. The molecule has 0 spiro atoms. The highest BCUT2D eigenvalue weighted by Gasteiger charge is 2.22. The fourth-order valence-corrected chi connectivity index (χ4v) is 2.90. The van der Waals surface area contributed by atoms with Gasteiger partial charge in [0, 0.05) is 25.7 Å². The molecule has 3 rings (SSSR count). The van der Waals surface area contributed by atoms with E-state index in [1.54, 1.807) is 22.4 Å². The summed E-state index contributed by atoms with van der Waals surface area (Å²) in [5, 5.41) is 11.9. The summed E-state index contributed by atoms with van der Waals surface area (Å²) in [4.78, 5) is 28.9. The van der Waals surface area contributed by atoms with Crippen LogP contribution >= 0.6 is 0 Å². The van der Waals surface area contributed by atoms with Crippen LogP contribution in [0.3, 0.4) is 0 Å². The van der Waals surface area contributed by atoms with Crippen LogP contribution < -0.4 is 16.6 Å². The number of aromatic nitrogens is 2. The van der Waals surface area contributed by atoms with Crippen molar-refractivity contribution < 1.29 is 9.90 Å². The molecule has 1 aliphatic carbocycles. The number of nitrogens with zero attached hydrogens (tertiary/aromatic N) is 3. The van der Waals surface area contributed by atoms with Gasteiger partial charge in [0.1, 0.15) is 0 Å². The second kappa shape index (κ2) is 6.48. The van der Waals surface area contributed by atoms with E-state index in [1.165, 1.54) is 6.08 Å². The van der Waals surface area contributed by atoms with Crippen molar-refractivity contribution in [2.24, 2.45) is 4.99 Å². The largest absolute Gasteiger partial charge is 0.395 e. The first-order valence-electron chi connectivity index (χ1n) is 8.00. The monoisotopic (exact) mass is 331 g/mol. The zero-order valence-electron chi connectivity index (χ0n) is 13.6. The van der Waals surface area contributed by atoms with Crippen molar-refractivity contribution in [3.8, 4) is 0 Å². The molecule has 1 aliphatic heterocycles. The highest BCUT2D eigenvalue weighted by Crippen LogP contribution is 2.24. The van der Waals surface area contributed by atoms with Crippen LogP contribution in [0.25, 0.3) is 0 Å². The third-order valence-corrected chi connectivity index (χ3v) is 4.19. The molecule has 8 nitrogen and oxygen atoms in total. The number of ketones is 1. The van der Waals surface area contributed by atoms with E-state index in [2.05, 4.69) is 10.3 Å². The summed E-state index contributed by atoms with van der Waals surface area (Å²) in [5.74, 6) is 0.215. The van der Waals surface area contributed by atoms with E-state index in [1.807, 2.05) is 0 Å². The van der Waals surface area contributed by atoms with E-state index in [0.29, 0.717) is 35.9 Å². The minimum absolute atomic E-state index is 0.0766. The van der Waals surface area contributed by atoms with Crippen molar-refractivity contribution in [2.45, 2.75) is 32.9 Å². The summed E-state index contributed by atoms with van der Waals surface area (Å²) in [7, 11) is 0. The third kappa shape index (κ3) is 2.80. The minimum Gasteiger partial charge on any atom is -0.395 e. The molecule has 0 saturated carbocycles. The molecule has 0 bridgehead atoms. The second-order valence-electron chi connectivity index (χ2n) is 5.89. The van der Waals surface area contributed by atoms with Gasteiger partial charge in [-0.2, -0.15) is 0 Å². The molecule has 0 saturated heterocycles. The number of aliphatic imine (C=N–C) groups is 1. The number of fused-ring (bicyclic) bond motifs is 1. The van der Waals surface area contributed by atoms with Gasteiger partial charge in [-0.3, -0.25) is 14.3 Å². The summed E-state index contributed by atoms with van der Waals surface area (Å²) in [6.07, 6.45) is 4.97. The van der Waals surface area contributed by atoms with Gasteiger partial charge in [-0.15, -0.1) is 0 Å². The fourth-order valence-electron chi connectivity index (χ4n) is 2.90. The number of anilines is 1. The molecule has 0 amide bonds. The molecular formula is C16H21N5O3. The normalized spacial score (nSPS) is 19.1. The van der Waals surface area contributed by atoms with E-state index in [0.717, 1.165) is 12.8 Å². The summed E-state index contributed by atoms with van der Waals surface area (Å²) in [6.45, 7) is 3.23. The third-order valence-electron chi connectivity index (χ3n) is 4.19. The highest BCUT2D eigenvalue weighted by molar-refractivity contribution is 6.22. The first-order chi connectivity index (χ1) is 11.5. The quantitative estimate of drug-likeness (QED) is 0.677. The highest BCUT2D eigenvalue weighted by atomic mass is 16.3. The molecule has 8 heteroatoms. The van der Waals surface area contributed by atoms with Gasteiger partial charge in [-0.25, -0.2) is 9.67 Å². The molecule has 1 aromatic heterocycles. The Kier molecular flexibility index (Phi) is 4.39. The number of nitrogen functional groups attached to an aromatic ring is 1. The Morgan fingerprint density at radius 3 is 2.62 bits per heavy atom. The molecule has 0 atom stereocenters. The number of hydrogen-bond acceptors (Lipinski definition) is 6. The van der Waals surface area contributed by atoms with Crippen LogP contribution in [-0.4, -0.2) is 39.1 Å². The number of allylic oxidation sites excluding steroid dienone is 3. The molecule has 24 heavy (non-hydrogen) atoms. The fraction of sp³-hybridized carbons (Fsp3) is 0.438. The first-order valence-corrected chi connectivity index (χ1v) is 8.00. The summed E-state index contributed by atoms with van der Waals surface area (Å²) >= 11 is 0. The number of nitrogens with one attached hydrogen (secondary N) is 1. The van der Waals surface area contributed by atoms with Gasteiger partial charge in [0.2, 0.25) is 0 Å². The number of carbonyl (C=O) groups is 1. The SMILES string of the molecule is CC1=CC(=Nc2c(N)n3n(c2=O)CCCC3)C(NCCO)=CC1=O. The Bertz CT molecular complexity index is 826. The van der Waals surface area contributed by atoms with E-state index in [4.69, 9.17) is 10.8 Å². The lowest BCUT2D eigenvalue weighted by Crippen LogP contribution is -2.28. The predicted molar refractivity (Wildman–Crippen MR) is 91.4 cm³/mol. The number of carbonyl (C=O) groups excluding carboxylic acids is 1. The topological polar surface area (TPSA) is 115 Å². The van der Waals surface area contributed by atoms with Crippen LogP contribution in [0.2, 0.25) is 0 Å². The summed E-state index contributed by atoms with van der Waals surface area (Å²) in [5.41, 5.74) is 7.57. The Morgan fingerprint density at radius 2 is 1.96 bits per heavy atom. The van der Waals surface area contributed by atoms with Crippen molar-refractivity contribution in [3.63, 3.8) is 0 Å². The summed E-state index contributed by atoms with van der Waals surface area (Å²) < 4.78 is 3.38. The lowest BCUT2D eigenvalue weighted by molar-refractivity contribution is -0.111. The molecule has 0 fully saturated rings. The second-order valence-corrected chi connectivity index (χ2v) is 5.89. The van der Waals surface area contributed by atoms with Gasteiger partial charge < -0.3 is 16.2 Å². The van der Waals surface area contributed by atoms with Gasteiger partial charge in [-0.1, -0.05) is 0 Å². The first kappa shape index (κ1) is 16.3. The number of rotatable bonds is 4. The lowest BCUT2D eigenvalue weighted by Gasteiger charge is -2.17. The molecular weight excluding hydrogens is 310 g/mol. The van der Waals surface area contributed by atoms with Crippen molar-refractivity contribution in [3.05, 3.63) is 33.8 Å². The average Bonchev–Trinajstić information content (AvgIpc) is 2.82. The number of aliphatic hydroxyl groups is 1. The Labute approximate surface area is 139 Å². The Morgan fingerprint density at radius 1 is 1.25 bits per heavy atom. The molecule has 0 unspecified atom stereocenters. The Hall–Kier alpha value is -2.61. The standard InChI is InChI=1S/C16H21N5O3/c1-10-8-12(11(9-13(10)23)18-4-7-22)19-14-15(17)20-5-2-3-6-21(20)16(14)24/h8-9,18,22H,2-7,17H2,1H3. The van der Waals surface area contributed by atoms with Crippen LogP contribution in [0.4, 0.5) is 11.5 Å². The van der Waals surface area contributed by atoms with Crippen molar-refractivity contribution in [2.75, 3.05) is 18.9 Å². The molecule has 0 radical (unpaired) electrons. The molecule has 4 N–H and O–H groups in total. The van der Waals surface area contributed by atoms with Crippen LogP contribution in [0.1, 0.15) is 19.8 Å². The van der Waals surface area contributed by atoms with Crippen LogP contribution in [0.5, 0.6) is 0 Å². The molecule has 2 heterocycles.